The highest BCUT2D eigenvalue weighted by molar-refractivity contribution is 7.21. The molecule has 0 spiro atoms. The fraction of sp³-hybridized carbons (Fsp3) is 0.0435. The Hall–Kier alpha value is -3.62. The third-order valence-corrected chi connectivity index (χ3v) is 6.41. The van der Waals surface area contributed by atoms with Gasteiger partial charge in [0, 0.05) is 22.8 Å². The fourth-order valence-electron chi connectivity index (χ4n) is 3.04. The summed E-state index contributed by atoms with van der Waals surface area (Å²) in [6.07, 6.45) is 3.41. The van der Waals surface area contributed by atoms with Crippen molar-refractivity contribution in [1.82, 2.24) is 15.0 Å². The minimum atomic E-state index is -0.251. The van der Waals surface area contributed by atoms with Crippen LogP contribution in [0.5, 0.6) is 0 Å². The molecule has 0 saturated carbocycles. The number of rotatable bonds is 5. The van der Waals surface area contributed by atoms with E-state index >= 15 is 0 Å². The number of amides is 1. The van der Waals surface area contributed by atoms with Crippen molar-refractivity contribution < 1.29 is 4.79 Å². The number of thiazole rings is 2. The highest BCUT2D eigenvalue weighted by atomic mass is 32.1. The Balaban J connectivity index is 1.27. The second-order valence-electron chi connectivity index (χ2n) is 6.93. The average Bonchev–Trinajstić information content (AvgIpc) is 3.42. The molecule has 5 aromatic rings. The van der Waals surface area contributed by atoms with Gasteiger partial charge in [0.25, 0.3) is 5.91 Å². The van der Waals surface area contributed by atoms with Crippen molar-refractivity contribution in [2.24, 2.45) is 0 Å². The van der Waals surface area contributed by atoms with Gasteiger partial charge in [-0.15, -0.1) is 22.7 Å². The molecule has 0 saturated heterocycles. The first-order valence-electron chi connectivity index (χ1n) is 9.56. The van der Waals surface area contributed by atoms with Crippen LogP contribution in [-0.4, -0.2) is 20.9 Å². The summed E-state index contributed by atoms with van der Waals surface area (Å²) < 4.78 is 1.17. The second-order valence-corrected chi connectivity index (χ2v) is 8.82. The quantitative estimate of drug-likeness (QED) is 0.342. The first-order valence-corrected chi connectivity index (χ1v) is 11.3. The molecular weight excluding hydrogens is 426 g/mol. The van der Waals surface area contributed by atoms with Gasteiger partial charge in [-0.3, -0.25) is 9.78 Å². The van der Waals surface area contributed by atoms with E-state index in [9.17, 15) is 4.79 Å². The number of pyridine rings is 1. The number of aryl methyl sites for hydroxylation is 1. The lowest BCUT2D eigenvalue weighted by Gasteiger charge is -2.04. The summed E-state index contributed by atoms with van der Waals surface area (Å²) in [6, 6.07) is 17.7. The zero-order valence-electron chi connectivity index (χ0n) is 16.5. The third kappa shape index (κ3) is 4.30. The summed E-state index contributed by atoms with van der Waals surface area (Å²) in [5.74, 6) is -0.251. The van der Waals surface area contributed by atoms with Gasteiger partial charge in [0.2, 0.25) is 0 Å². The Labute approximate surface area is 186 Å². The van der Waals surface area contributed by atoms with Crippen LogP contribution in [0, 0.1) is 6.92 Å². The molecule has 8 heteroatoms. The summed E-state index contributed by atoms with van der Waals surface area (Å²) in [7, 11) is 0. The van der Waals surface area contributed by atoms with Crippen LogP contribution in [0.1, 0.15) is 16.1 Å². The Bertz CT molecular complexity index is 1360. The maximum atomic E-state index is 12.6. The van der Waals surface area contributed by atoms with Gasteiger partial charge in [-0.1, -0.05) is 6.07 Å². The molecule has 0 radical (unpaired) electrons. The molecule has 0 atom stereocenters. The first kappa shape index (κ1) is 19.3. The van der Waals surface area contributed by atoms with Crippen molar-refractivity contribution >= 4 is 55.3 Å². The van der Waals surface area contributed by atoms with Crippen molar-refractivity contribution in [2.45, 2.75) is 6.92 Å². The van der Waals surface area contributed by atoms with E-state index in [4.69, 9.17) is 4.98 Å². The lowest BCUT2D eigenvalue weighted by molar-refractivity contribution is 0.102. The number of carbonyl (C=O) groups is 1. The number of nitrogens with one attached hydrogen (secondary N) is 2. The Morgan fingerprint density at radius 1 is 1.00 bits per heavy atom. The van der Waals surface area contributed by atoms with Crippen LogP contribution in [0.3, 0.4) is 0 Å². The van der Waals surface area contributed by atoms with E-state index in [-0.39, 0.29) is 5.91 Å². The molecule has 0 bridgehead atoms. The average molecular weight is 444 g/mol. The van der Waals surface area contributed by atoms with Crippen LogP contribution < -0.4 is 10.6 Å². The molecule has 1 amide bonds. The van der Waals surface area contributed by atoms with Crippen LogP contribution in [0.2, 0.25) is 0 Å². The molecule has 0 aliphatic rings. The summed E-state index contributed by atoms with van der Waals surface area (Å²) in [5.41, 5.74) is 5.14. The van der Waals surface area contributed by atoms with E-state index in [0.717, 1.165) is 21.8 Å². The van der Waals surface area contributed by atoms with Crippen molar-refractivity contribution in [3.63, 3.8) is 0 Å². The van der Waals surface area contributed by atoms with E-state index in [0.29, 0.717) is 16.5 Å². The van der Waals surface area contributed by atoms with Crippen molar-refractivity contribution in [3.8, 4) is 10.6 Å². The van der Waals surface area contributed by atoms with Crippen molar-refractivity contribution in [2.75, 3.05) is 10.6 Å². The predicted octanol–water partition coefficient (Wildman–Crippen LogP) is 6.12. The van der Waals surface area contributed by atoms with Crippen molar-refractivity contribution in [3.05, 3.63) is 83.6 Å². The lowest BCUT2D eigenvalue weighted by atomic mass is 10.2. The van der Waals surface area contributed by atoms with E-state index in [2.05, 4.69) is 39.7 Å². The van der Waals surface area contributed by atoms with Gasteiger partial charge in [-0.05, 0) is 61.0 Å². The minimum absolute atomic E-state index is 0.251. The molecule has 0 unspecified atom stereocenters. The number of hydrogen-bond acceptors (Lipinski definition) is 7. The Kier molecular flexibility index (Phi) is 5.15. The summed E-state index contributed by atoms with van der Waals surface area (Å²) in [5, 5.41) is 9.37. The molecule has 3 aromatic heterocycles. The fourth-order valence-corrected chi connectivity index (χ4v) is 4.82. The largest absolute Gasteiger partial charge is 0.330 e. The number of anilines is 3. The number of benzene rings is 2. The maximum absolute atomic E-state index is 12.6. The second kappa shape index (κ2) is 8.25. The molecule has 2 aromatic carbocycles. The van der Waals surface area contributed by atoms with Gasteiger partial charge in [-0.2, -0.15) is 0 Å². The monoisotopic (exact) mass is 443 g/mol. The van der Waals surface area contributed by atoms with E-state index in [1.165, 1.54) is 21.6 Å². The normalized spacial score (nSPS) is 10.9. The molecule has 31 heavy (non-hydrogen) atoms. The number of fused-ring (bicyclic) bond motifs is 1. The Morgan fingerprint density at radius 3 is 2.68 bits per heavy atom. The van der Waals surface area contributed by atoms with Crippen LogP contribution in [-0.2, 0) is 0 Å². The third-order valence-electron chi connectivity index (χ3n) is 4.58. The number of carbonyl (C=O) groups excluding carboxylic acids is 1. The Morgan fingerprint density at radius 2 is 1.87 bits per heavy atom. The zero-order valence-corrected chi connectivity index (χ0v) is 18.1. The summed E-state index contributed by atoms with van der Waals surface area (Å²) >= 11 is 3.03. The van der Waals surface area contributed by atoms with Gasteiger partial charge < -0.3 is 10.6 Å². The molecule has 5 rings (SSSR count). The van der Waals surface area contributed by atoms with E-state index < -0.39 is 0 Å². The topological polar surface area (TPSA) is 79.8 Å². The molecule has 152 valence electrons. The minimum Gasteiger partial charge on any atom is -0.330 e. The van der Waals surface area contributed by atoms with Crippen LogP contribution in [0.15, 0.2) is 72.4 Å². The zero-order chi connectivity index (χ0) is 21.2. The molecule has 0 fully saturated rings. The van der Waals surface area contributed by atoms with Crippen LogP contribution >= 0.6 is 22.7 Å². The predicted molar refractivity (Wildman–Crippen MR) is 127 cm³/mol. The van der Waals surface area contributed by atoms with Gasteiger partial charge in [0.05, 0.1) is 22.1 Å². The van der Waals surface area contributed by atoms with E-state index in [1.807, 2.05) is 42.5 Å². The van der Waals surface area contributed by atoms with Crippen LogP contribution in [0.4, 0.5) is 16.5 Å². The van der Waals surface area contributed by atoms with Crippen molar-refractivity contribution in [1.29, 1.82) is 0 Å². The molecular formula is C23H17N5OS2. The summed E-state index contributed by atoms with van der Waals surface area (Å²) in [4.78, 5) is 25.7. The smallest absolute Gasteiger partial charge is 0.275 e. The van der Waals surface area contributed by atoms with Gasteiger partial charge in [0.15, 0.2) is 5.13 Å². The first-order chi connectivity index (χ1) is 15.1. The molecule has 0 aliphatic carbocycles. The van der Waals surface area contributed by atoms with Gasteiger partial charge >= 0.3 is 0 Å². The van der Waals surface area contributed by atoms with E-state index in [1.54, 1.807) is 29.1 Å². The lowest BCUT2D eigenvalue weighted by Crippen LogP contribution is -2.12. The van der Waals surface area contributed by atoms with Crippen LogP contribution in [0.25, 0.3) is 20.8 Å². The molecule has 0 aliphatic heterocycles. The molecule has 2 N–H and O–H groups in total. The van der Waals surface area contributed by atoms with Gasteiger partial charge in [-0.25, -0.2) is 9.97 Å². The summed E-state index contributed by atoms with van der Waals surface area (Å²) in [6.45, 7) is 2.08. The number of hydrogen-bond donors (Lipinski definition) is 2. The standard InChI is InChI=1S/C23H17N5OS2/c1-14-4-9-18-20(11-14)31-22(27-18)15-5-7-16(8-6-15)25-21(29)19-13-30-23(28-19)26-17-3-2-10-24-12-17/h2-13H,1H3,(H,25,29)(H,26,28). The number of nitrogens with zero attached hydrogens (tertiary/aromatic N) is 3. The SMILES string of the molecule is Cc1ccc2nc(-c3ccc(NC(=O)c4csc(Nc5cccnc5)n4)cc3)sc2c1. The highest BCUT2D eigenvalue weighted by Gasteiger charge is 2.12. The molecule has 6 nitrogen and oxygen atoms in total. The highest BCUT2D eigenvalue weighted by Crippen LogP contribution is 2.31. The maximum Gasteiger partial charge on any atom is 0.275 e. The number of aromatic nitrogens is 3. The van der Waals surface area contributed by atoms with Gasteiger partial charge in [0.1, 0.15) is 10.7 Å². The molecule has 3 heterocycles.